The highest BCUT2D eigenvalue weighted by Gasteiger charge is 2.22. The number of nitrogens with zero attached hydrogens (tertiary/aromatic N) is 1. The zero-order chi connectivity index (χ0) is 10.7. The molecule has 1 aromatic carbocycles. The second kappa shape index (κ2) is 4.77. The van der Waals surface area contributed by atoms with Gasteiger partial charge in [-0.2, -0.15) is 0 Å². The van der Waals surface area contributed by atoms with Crippen LogP contribution >= 0.6 is 0 Å². The Labute approximate surface area is 92.1 Å². The number of nitrogens with two attached hydrogens (primary N) is 1. The summed E-state index contributed by atoms with van der Waals surface area (Å²) >= 11 is 0. The van der Waals surface area contributed by atoms with E-state index in [1.807, 2.05) is 0 Å². The van der Waals surface area contributed by atoms with Gasteiger partial charge in [-0.3, -0.25) is 4.90 Å². The van der Waals surface area contributed by atoms with Crippen molar-refractivity contribution in [1.29, 1.82) is 0 Å². The van der Waals surface area contributed by atoms with Crippen molar-refractivity contribution < 1.29 is 0 Å². The molecule has 0 spiro atoms. The Morgan fingerprint density at radius 3 is 2.93 bits per heavy atom. The molecule has 1 fully saturated rings. The number of benzene rings is 1. The molecular formula is C13H20N2. The number of aryl methyl sites for hydroxylation is 1. The van der Waals surface area contributed by atoms with E-state index in [0.717, 1.165) is 13.1 Å². The average molecular weight is 204 g/mol. The summed E-state index contributed by atoms with van der Waals surface area (Å²) in [5.41, 5.74) is 8.61. The average Bonchev–Trinajstić information content (AvgIpc) is 2.69. The molecule has 2 rings (SSSR count). The Kier molecular flexibility index (Phi) is 3.39. The second-order valence-electron chi connectivity index (χ2n) is 4.43. The van der Waals surface area contributed by atoms with Gasteiger partial charge in [-0.25, -0.2) is 0 Å². The molecular weight excluding hydrogens is 184 g/mol. The van der Waals surface area contributed by atoms with Gasteiger partial charge in [0.2, 0.25) is 0 Å². The Balaban J connectivity index is 2.05. The summed E-state index contributed by atoms with van der Waals surface area (Å²) in [4.78, 5) is 2.52. The topological polar surface area (TPSA) is 29.3 Å². The standard InChI is InChI=1S/C13H20N2/c1-11-5-2-3-6-12(11)10-15-8-4-7-13(15)9-14/h2-3,5-6,13H,4,7-10,14H2,1H3. The molecule has 2 nitrogen and oxygen atoms in total. The van der Waals surface area contributed by atoms with Crippen molar-refractivity contribution in [2.45, 2.75) is 32.4 Å². The van der Waals surface area contributed by atoms with Gasteiger partial charge in [-0.15, -0.1) is 0 Å². The van der Waals surface area contributed by atoms with E-state index in [4.69, 9.17) is 5.73 Å². The number of hydrogen-bond donors (Lipinski definition) is 1. The number of rotatable bonds is 3. The van der Waals surface area contributed by atoms with Gasteiger partial charge < -0.3 is 5.73 Å². The quantitative estimate of drug-likeness (QED) is 0.815. The molecule has 1 aromatic rings. The van der Waals surface area contributed by atoms with Crippen LogP contribution in [0.25, 0.3) is 0 Å². The highest BCUT2D eigenvalue weighted by Crippen LogP contribution is 2.20. The van der Waals surface area contributed by atoms with Crippen LogP contribution < -0.4 is 5.73 Å². The molecule has 0 aliphatic carbocycles. The Hall–Kier alpha value is -0.860. The lowest BCUT2D eigenvalue weighted by molar-refractivity contribution is 0.250. The van der Waals surface area contributed by atoms with E-state index in [2.05, 4.69) is 36.1 Å². The van der Waals surface area contributed by atoms with Crippen molar-refractivity contribution in [3.8, 4) is 0 Å². The summed E-state index contributed by atoms with van der Waals surface area (Å²) in [5.74, 6) is 0. The molecule has 1 unspecified atom stereocenters. The fraction of sp³-hybridized carbons (Fsp3) is 0.538. The van der Waals surface area contributed by atoms with E-state index >= 15 is 0 Å². The molecule has 82 valence electrons. The molecule has 0 amide bonds. The van der Waals surface area contributed by atoms with Crippen LogP contribution in [0.3, 0.4) is 0 Å². The Morgan fingerprint density at radius 1 is 1.40 bits per heavy atom. The van der Waals surface area contributed by atoms with Crippen LogP contribution in [0.1, 0.15) is 24.0 Å². The smallest absolute Gasteiger partial charge is 0.0239 e. The second-order valence-corrected chi connectivity index (χ2v) is 4.43. The highest BCUT2D eigenvalue weighted by atomic mass is 15.2. The van der Waals surface area contributed by atoms with Gasteiger partial charge in [0.1, 0.15) is 0 Å². The molecule has 2 N–H and O–H groups in total. The molecule has 0 bridgehead atoms. The van der Waals surface area contributed by atoms with Crippen LogP contribution in [0.5, 0.6) is 0 Å². The Bertz CT molecular complexity index is 322. The first-order valence-electron chi connectivity index (χ1n) is 5.80. The van der Waals surface area contributed by atoms with Crippen molar-refractivity contribution >= 4 is 0 Å². The lowest BCUT2D eigenvalue weighted by Crippen LogP contribution is -2.34. The van der Waals surface area contributed by atoms with E-state index < -0.39 is 0 Å². The molecule has 1 saturated heterocycles. The van der Waals surface area contributed by atoms with Crippen LogP contribution in [-0.2, 0) is 6.54 Å². The lowest BCUT2D eigenvalue weighted by Gasteiger charge is -2.23. The van der Waals surface area contributed by atoms with Crippen molar-refractivity contribution in [2.75, 3.05) is 13.1 Å². The minimum Gasteiger partial charge on any atom is -0.329 e. The normalized spacial score (nSPS) is 22.1. The maximum Gasteiger partial charge on any atom is 0.0239 e. The first kappa shape index (κ1) is 10.7. The Morgan fingerprint density at radius 2 is 2.20 bits per heavy atom. The molecule has 1 aliphatic rings. The minimum absolute atomic E-state index is 0.601. The largest absolute Gasteiger partial charge is 0.329 e. The fourth-order valence-corrected chi connectivity index (χ4v) is 2.38. The highest BCUT2D eigenvalue weighted by molar-refractivity contribution is 5.25. The van der Waals surface area contributed by atoms with Crippen LogP contribution in [0.2, 0.25) is 0 Å². The lowest BCUT2D eigenvalue weighted by atomic mass is 10.1. The zero-order valence-corrected chi connectivity index (χ0v) is 9.45. The molecule has 0 aromatic heterocycles. The predicted molar refractivity (Wildman–Crippen MR) is 63.7 cm³/mol. The summed E-state index contributed by atoms with van der Waals surface area (Å²) in [5, 5.41) is 0. The van der Waals surface area contributed by atoms with Crippen LogP contribution in [0.4, 0.5) is 0 Å². The van der Waals surface area contributed by atoms with Gasteiger partial charge in [0.05, 0.1) is 0 Å². The molecule has 2 heteroatoms. The summed E-state index contributed by atoms with van der Waals surface area (Å²) < 4.78 is 0. The van der Waals surface area contributed by atoms with Crippen LogP contribution in [-0.4, -0.2) is 24.0 Å². The predicted octanol–water partition coefficient (Wildman–Crippen LogP) is 1.92. The number of likely N-dealkylation sites (tertiary alicyclic amines) is 1. The minimum atomic E-state index is 0.601. The van der Waals surface area contributed by atoms with Gasteiger partial charge in [0, 0.05) is 19.1 Å². The van der Waals surface area contributed by atoms with E-state index in [9.17, 15) is 0 Å². The van der Waals surface area contributed by atoms with Crippen LogP contribution in [0, 0.1) is 6.92 Å². The first-order chi connectivity index (χ1) is 7.31. The van der Waals surface area contributed by atoms with E-state index in [1.165, 1.54) is 30.5 Å². The number of hydrogen-bond acceptors (Lipinski definition) is 2. The van der Waals surface area contributed by atoms with Crippen molar-refractivity contribution in [3.63, 3.8) is 0 Å². The van der Waals surface area contributed by atoms with Crippen molar-refractivity contribution in [3.05, 3.63) is 35.4 Å². The zero-order valence-electron chi connectivity index (χ0n) is 9.45. The van der Waals surface area contributed by atoms with E-state index in [-0.39, 0.29) is 0 Å². The van der Waals surface area contributed by atoms with Gasteiger partial charge in [0.15, 0.2) is 0 Å². The van der Waals surface area contributed by atoms with Gasteiger partial charge in [0.25, 0.3) is 0 Å². The summed E-state index contributed by atoms with van der Waals surface area (Å²) in [7, 11) is 0. The van der Waals surface area contributed by atoms with Gasteiger partial charge in [-0.05, 0) is 37.4 Å². The summed E-state index contributed by atoms with van der Waals surface area (Å²) in [6.07, 6.45) is 2.57. The van der Waals surface area contributed by atoms with Crippen LogP contribution in [0.15, 0.2) is 24.3 Å². The van der Waals surface area contributed by atoms with E-state index in [0.29, 0.717) is 6.04 Å². The first-order valence-corrected chi connectivity index (χ1v) is 5.80. The maximum atomic E-state index is 5.77. The molecule has 15 heavy (non-hydrogen) atoms. The third-order valence-electron chi connectivity index (χ3n) is 3.41. The molecule has 1 aliphatic heterocycles. The fourth-order valence-electron chi connectivity index (χ4n) is 2.38. The van der Waals surface area contributed by atoms with Gasteiger partial charge in [-0.1, -0.05) is 24.3 Å². The van der Waals surface area contributed by atoms with E-state index in [1.54, 1.807) is 0 Å². The van der Waals surface area contributed by atoms with Gasteiger partial charge >= 0.3 is 0 Å². The summed E-state index contributed by atoms with van der Waals surface area (Å²) in [6, 6.07) is 9.23. The third kappa shape index (κ3) is 2.39. The SMILES string of the molecule is Cc1ccccc1CN1CCCC1CN. The van der Waals surface area contributed by atoms with Crippen molar-refractivity contribution in [1.82, 2.24) is 4.90 Å². The summed E-state index contributed by atoms with van der Waals surface area (Å²) in [6.45, 7) is 5.25. The maximum absolute atomic E-state index is 5.77. The molecule has 1 atom stereocenters. The monoisotopic (exact) mass is 204 g/mol. The van der Waals surface area contributed by atoms with Crippen molar-refractivity contribution in [2.24, 2.45) is 5.73 Å². The molecule has 1 heterocycles. The molecule has 0 radical (unpaired) electrons. The molecule has 0 saturated carbocycles. The third-order valence-corrected chi connectivity index (χ3v) is 3.41.